The molecular weight excluding hydrogens is 436 g/mol. The first kappa shape index (κ1) is 17.2. The molecule has 1 N–H and O–H groups in total. The van der Waals surface area contributed by atoms with E-state index in [1.54, 1.807) is 19.2 Å². The number of carbonyl (C=O) groups excluding carboxylic acids is 1. The van der Waals surface area contributed by atoms with Gasteiger partial charge in [-0.3, -0.25) is 9.69 Å². The number of benzene rings is 2. The average Bonchev–Trinajstić information content (AvgIpc) is 3.29. The van der Waals surface area contributed by atoms with Crippen LogP contribution in [0.4, 0.5) is 5.13 Å². The number of aromatic amines is 1. The number of para-hydroxylation sites is 1. The maximum absolute atomic E-state index is 12.8. The third-order valence-corrected chi connectivity index (χ3v) is 5.83. The fourth-order valence-electron chi connectivity index (χ4n) is 2.56. The topological polar surface area (TPSA) is 61.9 Å². The lowest BCUT2D eigenvalue weighted by molar-refractivity contribution is 0.0989. The number of rotatable bonds is 3. The number of anilines is 1. The summed E-state index contributed by atoms with van der Waals surface area (Å²) in [6.45, 7) is 0. The smallest absolute Gasteiger partial charge is 0.276 e. The molecular formula is C18H12BrClN4OS. The minimum absolute atomic E-state index is 0.198. The van der Waals surface area contributed by atoms with Crippen molar-refractivity contribution in [2.24, 2.45) is 0 Å². The third kappa shape index (κ3) is 3.13. The Morgan fingerprint density at radius 2 is 1.96 bits per heavy atom. The molecule has 2 aromatic heterocycles. The van der Waals surface area contributed by atoms with Crippen LogP contribution in [0.25, 0.3) is 21.5 Å². The quantitative estimate of drug-likeness (QED) is 0.459. The van der Waals surface area contributed by atoms with Gasteiger partial charge in [0.1, 0.15) is 10.7 Å². The van der Waals surface area contributed by atoms with Gasteiger partial charge in [-0.1, -0.05) is 63.1 Å². The zero-order valence-corrected chi connectivity index (χ0v) is 16.7. The highest BCUT2D eigenvalue weighted by Gasteiger charge is 2.20. The van der Waals surface area contributed by atoms with Crippen molar-refractivity contribution in [2.75, 3.05) is 11.9 Å². The Kier molecular flexibility index (Phi) is 4.52. The minimum Gasteiger partial charge on any atom is -0.349 e. The van der Waals surface area contributed by atoms with Gasteiger partial charge in [0.05, 0.1) is 10.5 Å². The van der Waals surface area contributed by atoms with E-state index >= 15 is 0 Å². The zero-order chi connectivity index (χ0) is 18.3. The van der Waals surface area contributed by atoms with Gasteiger partial charge in [-0.2, -0.15) is 0 Å². The standard InChI is InChI=1S/C18H12BrClN4OS/c1-24(17(25)14-9-11-3-2-4-13(20)15(11)21-14)18-23-22-16(26-18)10-5-7-12(19)8-6-10/h2-9,21H,1H3. The summed E-state index contributed by atoms with van der Waals surface area (Å²) >= 11 is 10.9. The Bertz CT molecular complexity index is 1110. The maximum atomic E-state index is 12.8. The second kappa shape index (κ2) is 6.83. The second-order valence-electron chi connectivity index (χ2n) is 5.65. The fraction of sp³-hybridized carbons (Fsp3) is 0.0556. The van der Waals surface area contributed by atoms with Crippen LogP contribution < -0.4 is 4.90 Å². The van der Waals surface area contributed by atoms with Crippen LogP contribution in [0.15, 0.2) is 53.0 Å². The van der Waals surface area contributed by atoms with Gasteiger partial charge in [-0.05, 0) is 24.3 Å². The van der Waals surface area contributed by atoms with Crippen molar-refractivity contribution in [3.8, 4) is 10.6 Å². The largest absolute Gasteiger partial charge is 0.349 e. The van der Waals surface area contributed by atoms with Crippen molar-refractivity contribution in [1.82, 2.24) is 15.2 Å². The SMILES string of the molecule is CN(C(=O)c1cc2cccc(Cl)c2[nH]1)c1nnc(-c2ccc(Br)cc2)s1. The molecule has 0 spiro atoms. The van der Waals surface area contributed by atoms with Crippen LogP contribution in [-0.2, 0) is 0 Å². The Morgan fingerprint density at radius 3 is 2.69 bits per heavy atom. The molecule has 0 fully saturated rings. The van der Waals surface area contributed by atoms with Crippen molar-refractivity contribution in [1.29, 1.82) is 0 Å². The number of nitrogens with zero attached hydrogens (tertiary/aromatic N) is 3. The first-order valence-electron chi connectivity index (χ1n) is 7.67. The van der Waals surface area contributed by atoms with Gasteiger partial charge in [-0.15, -0.1) is 10.2 Å². The predicted octanol–water partition coefficient (Wildman–Crippen LogP) is 5.38. The van der Waals surface area contributed by atoms with Crippen molar-refractivity contribution in [3.05, 3.63) is 63.7 Å². The van der Waals surface area contributed by atoms with Crippen LogP contribution in [0.5, 0.6) is 0 Å². The fourth-order valence-corrected chi connectivity index (χ4v) is 3.87. The number of H-pyrrole nitrogens is 1. The summed E-state index contributed by atoms with van der Waals surface area (Å²) in [6.07, 6.45) is 0. The van der Waals surface area contributed by atoms with E-state index in [1.807, 2.05) is 36.4 Å². The van der Waals surface area contributed by atoms with Gasteiger partial charge < -0.3 is 4.98 Å². The average molecular weight is 448 g/mol. The van der Waals surface area contributed by atoms with E-state index in [-0.39, 0.29) is 5.91 Å². The molecule has 0 aliphatic rings. The van der Waals surface area contributed by atoms with E-state index in [4.69, 9.17) is 11.6 Å². The first-order chi connectivity index (χ1) is 12.5. The molecule has 0 aliphatic carbocycles. The highest BCUT2D eigenvalue weighted by Crippen LogP contribution is 2.30. The number of hydrogen-bond acceptors (Lipinski definition) is 4. The Hall–Kier alpha value is -2.22. The number of hydrogen-bond donors (Lipinski definition) is 1. The molecule has 0 bridgehead atoms. The number of halogens is 2. The lowest BCUT2D eigenvalue weighted by Crippen LogP contribution is -2.26. The molecule has 5 nitrogen and oxygen atoms in total. The summed E-state index contributed by atoms with van der Waals surface area (Å²) in [5.74, 6) is -0.198. The number of amides is 1. The molecule has 130 valence electrons. The monoisotopic (exact) mass is 446 g/mol. The van der Waals surface area contributed by atoms with Gasteiger partial charge in [-0.25, -0.2) is 0 Å². The number of fused-ring (bicyclic) bond motifs is 1. The number of aromatic nitrogens is 3. The van der Waals surface area contributed by atoms with Crippen molar-refractivity contribution in [2.45, 2.75) is 0 Å². The molecule has 0 saturated carbocycles. The lowest BCUT2D eigenvalue weighted by atomic mass is 10.2. The van der Waals surface area contributed by atoms with Crippen LogP contribution >= 0.6 is 38.9 Å². The van der Waals surface area contributed by atoms with Crippen LogP contribution in [0.1, 0.15) is 10.5 Å². The summed E-state index contributed by atoms with van der Waals surface area (Å²) in [5.41, 5.74) is 2.16. The molecule has 0 aliphatic heterocycles. The van der Waals surface area contributed by atoms with Crippen molar-refractivity contribution >= 4 is 60.8 Å². The zero-order valence-electron chi connectivity index (χ0n) is 13.5. The molecule has 8 heteroatoms. The summed E-state index contributed by atoms with van der Waals surface area (Å²) in [5, 5.41) is 11.1. The van der Waals surface area contributed by atoms with E-state index in [1.165, 1.54) is 16.2 Å². The Balaban J connectivity index is 1.62. The molecule has 26 heavy (non-hydrogen) atoms. The van der Waals surface area contributed by atoms with E-state index in [9.17, 15) is 4.79 Å². The van der Waals surface area contributed by atoms with Crippen LogP contribution in [-0.4, -0.2) is 28.1 Å². The van der Waals surface area contributed by atoms with E-state index in [0.29, 0.717) is 15.8 Å². The molecule has 0 unspecified atom stereocenters. The molecule has 1 amide bonds. The second-order valence-corrected chi connectivity index (χ2v) is 7.93. The summed E-state index contributed by atoms with van der Waals surface area (Å²) in [7, 11) is 1.68. The molecule has 4 aromatic rings. The molecule has 4 rings (SSSR count). The normalized spacial score (nSPS) is 11.0. The van der Waals surface area contributed by atoms with E-state index in [0.717, 1.165) is 25.9 Å². The van der Waals surface area contributed by atoms with Crippen LogP contribution in [0, 0.1) is 0 Å². The van der Waals surface area contributed by atoms with Gasteiger partial charge in [0.25, 0.3) is 5.91 Å². The van der Waals surface area contributed by atoms with Crippen molar-refractivity contribution in [3.63, 3.8) is 0 Å². The predicted molar refractivity (Wildman–Crippen MR) is 109 cm³/mol. The van der Waals surface area contributed by atoms with Crippen molar-refractivity contribution < 1.29 is 4.79 Å². The van der Waals surface area contributed by atoms with Crippen LogP contribution in [0.3, 0.4) is 0 Å². The third-order valence-electron chi connectivity index (χ3n) is 3.93. The highest BCUT2D eigenvalue weighted by molar-refractivity contribution is 9.10. The van der Waals surface area contributed by atoms with E-state index in [2.05, 4.69) is 31.1 Å². The number of nitrogens with one attached hydrogen (secondary N) is 1. The van der Waals surface area contributed by atoms with Gasteiger partial charge in [0, 0.05) is 22.5 Å². The molecule has 0 radical (unpaired) electrons. The lowest BCUT2D eigenvalue weighted by Gasteiger charge is -2.11. The minimum atomic E-state index is -0.198. The molecule has 0 atom stereocenters. The Labute approximate surface area is 166 Å². The first-order valence-corrected chi connectivity index (χ1v) is 9.66. The Morgan fingerprint density at radius 1 is 1.19 bits per heavy atom. The van der Waals surface area contributed by atoms with Gasteiger partial charge >= 0.3 is 0 Å². The van der Waals surface area contributed by atoms with Crippen LogP contribution in [0.2, 0.25) is 5.02 Å². The molecule has 2 aromatic carbocycles. The van der Waals surface area contributed by atoms with Gasteiger partial charge in [0.15, 0.2) is 0 Å². The maximum Gasteiger partial charge on any atom is 0.276 e. The molecule has 2 heterocycles. The summed E-state index contributed by atoms with van der Waals surface area (Å²) < 4.78 is 0.996. The highest BCUT2D eigenvalue weighted by atomic mass is 79.9. The van der Waals surface area contributed by atoms with Gasteiger partial charge in [0.2, 0.25) is 5.13 Å². The summed E-state index contributed by atoms with van der Waals surface area (Å²) in [4.78, 5) is 17.4. The van der Waals surface area contributed by atoms with E-state index < -0.39 is 0 Å². The number of carbonyl (C=O) groups is 1. The molecule has 0 saturated heterocycles. The summed E-state index contributed by atoms with van der Waals surface area (Å²) in [6, 6.07) is 15.1.